The minimum absolute atomic E-state index is 0. The summed E-state index contributed by atoms with van der Waals surface area (Å²) in [6.45, 7) is 0.188. The van der Waals surface area contributed by atoms with Crippen molar-refractivity contribution in [1.82, 2.24) is 0 Å². The molecular formula is C3H10BO4. The lowest BCUT2D eigenvalue weighted by atomic mass is 10.5. The molecule has 4 N–H and O–H groups in total. The summed E-state index contributed by atoms with van der Waals surface area (Å²) in [4.78, 5) is 0. The Bertz CT molecular complexity index is 25.2. The van der Waals surface area contributed by atoms with Gasteiger partial charge in [0.1, 0.15) is 0 Å². The van der Waals surface area contributed by atoms with Gasteiger partial charge in [-0.3, -0.25) is 0 Å². The molecule has 0 unspecified atom stereocenters. The first-order valence-electron chi connectivity index (χ1n) is 2.15. The zero-order valence-electron chi connectivity index (χ0n) is 4.49. The highest BCUT2D eigenvalue weighted by atomic mass is 16.4. The van der Waals surface area contributed by atoms with E-state index in [-0.39, 0.29) is 20.9 Å². The quantitative estimate of drug-likeness (QED) is 0.314. The second-order valence-corrected chi connectivity index (χ2v) is 0.916. The maximum absolute atomic E-state index is 7.91. The Kier molecular flexibility index (Phi) is 21.3. The molecular weight excluding hydrogens is 111 g/mol. The lowest BCUT2D eigenvalue weighted by Crippen LogP contribution is -1.85. The zero-order chi connectivity index (χ0) is 6.83. The fourth-order valence-corrected chi connectivity index (χ4v) is 0.0707. The Morgan fingerprint density at radius 3 is 1.25 bits per heavy atom. The van der Waals surface area contributed by atoms with Crippen molar-refractivity contribution >= 4 is 7.69 Å². The summed E-state index contributed by atoms with van der Waals surface area (Å²) in [6.07, 6.45) is 0.500. The van der Waals surface area contributed by atoms with Crippen LogP contribution in [0.15, 0.2) is 0 Å². The van der Waals surface area contributed by atoms with Crippen LogP contribution in [0.5, 0.6) is 0 Å². The van der Waals surface area contributed by atoms with E-state index in [1.807, 2.05) is 0 Å². The molecule has 0 aromatic rings. The maximum Gasteiger partial charge on any atom is 0.482 e. The third-order valence-electron chi connectivity index (χ3n) is 0.316. The molecule has 0 fully saturated rings. The van der Waals surface area contributed by atoms with Gasteiger partial charge >= 0.3 is 7.69 Å². The van der Waals surface area contributed by atoms with Gasteiger partial charge in [0, 0.05) is 13.2 Å². The molecule has 8 heavy (non-hydrogen) atoms. The lowest BCUT2D eigenvalue weighted by Gasteiger charge is -1.79. The standard InChI is InChI=1S/C3H8O2.BH2O2/c4-2-1-3-5;2-1-3/h4-5H,1-3H2;2-3H. The Balaban J connectivity index is 0. The molecule has 0 saturated heterocycles. The first kappa shape index (κ1) is 10.8. The summed E-state index contributed by atoms with van der Waals surface area (Å²) in [7, 11) is 0. The second-order valence-electron chi connectivity index (χ2n) is 0.916. The van der Waals surface area contributed by atoms with Gasteiger partial charge in [-0.1, -0.05) is 0 Å². The third-order valence-corrected chi connectivity index (χ3v) is 0.316. The average Bonchev–Trinajstić information content (AvgIpc) is 1.71. The molecule has 0 heterocycles. The van der Waals surface area contributed by atoms with E-state index in [2.05, 4.69) is 0 Å². The van der Waals surface area contributed by atoms with Crippen LogP contribution in [0.3, 0.4) is 0 Å². The van der Waals surface area contributed by atoms with Crippen LogP contribution in [0.1, 0.15) is 6.42 Å². The summed E-state index contributed by atoms with van der Waals surface area (Å²) in [5, 5.41) is 29.8. The van der Waals surface area contributed by atoms with Crippen molar-refractivity contribution in [3.05, 3.63) is 0 Å². The molecule has 0 aliphatic rings. The Hall–Kier alpha value is -0.0951. The largest absolute Gasteiger partial charge is 0.482 e. The predicted molar refractivity (Wildman–Crippen MR) is 29.0 cm³/mol. The van der Waals surface area contributed by atoms with Gasteiger partial charge in [-0.2, -0.15) is 0 Å². The van der Waals surface area contributed by atoms with Crippen LogP contribution in [0.25, 0.3) is 0 Å². The summed E-state index contributed by atoms with van der Waals surface area (Å²) in [6, 6.07) is 0. The molecule has 0 spiro atoms. The summed E-state index contributed by atoms with van der Waals surface area (Å²) in [5.74, 6) is 0. The van der Waals surface area contributed by atoms with E-state index < -0.39 is 0 Å². The molecule has 49 valence electrons. The van der Waals surface area contributed by atoms with E-state index in [9.17, 15) is 0 Å². The molecule has 0 aliphatic heterocycles. The number of aliphatic hydroxyl groups excluding tert-OH is 2. The van der Waals surface area contributed by atoms with Crippen molar-refractivity contribution in [2.24, 2.45) is 0 Å². The van der Waals surface area contributed by atoms with Gasteiger partial charge in [0.15, 0.2) is 0 Å². The van der Waals surface area contributed by atoms with Gasteiger partial charge in [-0.05, 0) is 6.42 Å². The van der Waals surface area contributed by atoms with Crippen LogP contribution in [0.2, 0.25) is 0 Å². The van der Waals surface area contributed by atoms with Crippen molar-refractivity contribution in [2.75, 3.05) is 13.2 Å². The molecule has 0 saturated carbocycles. The van der Waals surface area contributed by atoms with Crippen molar-refractivity contribution in [3.63, 3.8) is 0 Å². The topological polar surface area (TPSA) is 80.9 Å². The fourth-order valence-electron chi connectivity index (χ4n) is 0.0707. The van der Waals surface area contributed by atoms with Gasteiger partial charge < -0.3 is 20.3 Å². The summed E-state index contributed by atoms with van der Waals surface area (Å²) < 4.78 is 0. The van der Waals surface area contributed by atoms with Crippen LogP contribution >= 0.6 is 0 Å². The lowest BCUT2D eigenvalue weighted by molar-refractivity contribution is 0.221. The van der Waals surface area contributed by atoms with E-state index in [1.165, 1.54) is 0 Å². The van der Waals surface area contributed by atoms with E-state index in [4.69, 9.17) is 20.3 Å². The number of rotatable bonds is 2. The van der Waals surface area contributed by atoms with Crippen LogP contribution in [-0.2, 0) is 0 Å². The van der Waals surface area contributed by atoms with E-state index in [0.29, 0.717) is 6.42 Å². The number of hydrogen-bond donors (Lipinski definition) is 4. The SMILES string of the molecule is OCCCO.O[B]O. The fraction of sp³-hybridized carbons (Fsp3) is 1.00. The molecule has 0 rings (SSSR count). The van der Waals surface area contributed by atoms with Crippen molar-refractivity contribution in [1.29, 1.82) is 0 Å². The summed E-state index contributed by atoms with van der Waals surface area (Å²) >= 11 is 0. The maximum atomic E-state index is 7.91. The molecule has 5 heteroatoms. The van der Waals surface area contributed by atoms with E-state index in [0.717, 1.165) is 0 Å². The van der Waals surface area contributed by atoms with Crippen molar-refractivity contribution in [2.45, 2.75) is 6.42 Å². The molecule has 0 amide bonds. The molecule has 0 aromatic carbocycles. The van der Waals surface area contributed by atoms with Crippen molar-refractivity contribution < 1.29 is 20.3 Å². The van der Waals surface area contributed by atoms with Crippen LogP contribution in [-0.4, -0.2) is 41.2 Å². The van der Waals surface area contributed by atoms with E-state index >= 15 is 0 Å². The molecule has 4 nitrogen and oxygen atoms in total. The molecule has 0 atom stereocenters. The first-order chi connectivity index (χ1) is 3.83. The Morgan fingerprint density at radius 2 is 1.25 bits per heavy atom. The molecule has 0 bridgehead atoms. The normalized spacial score (nSPS) is 7.00. The highest BCUT2D eigenvalue weighted by molar-refractivity contribution is 6.13. The van der Waals surface area contributed by atoms with Crippen LogP contribution < -0.4 is 0 Å². The van der Waals surface area contributed by atoms with E-state index in [1.54, 1.807) is 0 Å². The third kappa shape index (κ3) is 39.1. The van der Waals surface area contributed by atoms with Gasteiger partial charge in [0.25, 0.3) is 0 Å². The Labute approximate surface area is 48.7 Å². The smallest absolute Gasteiger partial charge is 0.429 e. The van der Waals surface area contributed by atoms with Crippen LogP contribution in [0, 0.1) is 0 Å². The molecule has 1 radical (unpaired) electrons. The average molecular weight is 121 g/mol. The monoisotopic (exact) mass is 121 g/mol. The zero-order valence-corrected chi connectivity index (χ0v) is 4.49. The second kappa shape index (κ2) is 15.8. The van der Waals surface area contributed by atoms with Gasteiger partial charge in [-0.15, -0.1) is 0 Å². The number of hydrogen-bond acceptors (Lipinski definition) is 4. The van der Waals surface area contributed by atoms with Crippen molar-refractivity contribution in [3.8, 4) is 0 Å². The minimum atomic E-state index is 0. The van der Waals surface area contributed by atoms with Gasteiger partial charge in [0.05, 0.1) is 0 Å². The summed E-state index contributed by atoms with van der Waals surface area (Å²) in [5.41, 5.74) is 0. The first-order valence-corrected chi connectivity index (χ1v) is 2.15. The van der Waals surface area contributed by atoms with Crippen LogP contribution in [0.4, 0.5) is 0 Å². The highest BCUT2D eigenvalue weighted by Gasteiger charge is 1.70. The number of aliphatic hydroxyl groups is 2. The predicted octanol–water partition coefficient (Wildman–Crippen LogP) is -2.13. The van der Waals surface area contributed by atoms with Gasteiger partial charge in [0.2, 0.25) is 0 Å². The molecule has 0 aliphatic carbocycles. The highest BCUT2D eigenvalue weighted by Crippen LogP contribution is 1.65. The van der Waals surface area contributed by atoms with Gasteiger partial charge in [-0.25, -0.2) is 0 Å². The minimum Gasteiger partial charge on any atom is -0.429 e. The Morgan fingerprint density at radius 1 is 1.00 bits per heavy atom. The molecule has 0 aromatic heterocycles.